The van der Waals surface area contributed by atoms with Gasteiger partial charge in [-0.2, -0.15) is 0 Å². The number of aromatic nitrogens is 2. The minimum Gasteiger partial charge on any atom is -0.369 e. The number of benzene rings is 4. The van der Waals surface area contributed by atoms with Gasteiger partial charge in [-0.3, -0.25) is 4.79 Å². The molecule has 6 aromatic rings. The third-order valence-corrected chi connectivity index (χ3v) is 11.8. The summed E-state index contributed by atoms with van der Waals surface area (Å²) in [5.41, 5.74) is 9.05. The molecule has 0 bridgehead atoms. The minimum atomic E-state index is -3.98. The van der Waals surface area contributed by atoms with E-state index in [0.29, 0.717) is 32.9 Å². The maximum Gasteiger partial charge on any atom is 0.269 e. The molecule has 51 heavy (non-hydrogen) atoms. The standard InChI is InChI=1S/C41H40ClN5O3S/c1-27-9-16-34(17-10-27)51(49,50)47-26-36(30-11-13-31(14-12-30)41(48)45(5)39-28(2)7-6-8-37(39)42)35-24-33(25-43-40(35)47)32-15-18-38(29(3)23-32)46-21-19-44(4)20-22-46/h6-18,23-26H,19-22H2,1-5H3. The Morgan fingerprint density at radius 2 is 1.49 bits per heavy atom. The van der Waals surface area contributed by atoms with Crippen LogP contribution in [0.3, 0.4) is 0 Å². The predicted molar refractivity (Wildman–Crippen MR) is 208 cm³/mol. The van der Waals surface area contributed by atoms with E-state index < -0.39 is 10.0 Å². The number of para-hydroxylation sites is 1. The maximum absolute atomic E-state index is 14.1. The summed E-state index contributed by atoms with van der Waals surface area (Å²) in [7, 11) is -0.114. The normalized spacial score (nSPS) is 13.9. The molecule has 0 spiro atoms. The Morgan fingerprint density at radius 3 is 2.16 bits per heavy atom. The fraction of sp³-hybridized carbons (Fsp3) is 0.220. The maximum atomic E-state index is 14.1. The van der Waals surface area contributed by atoms with E-state index in [1.165, 1.54) is 15.2 Å². The number of anilines is 2. The Kier molecular flexibility index (Phi) is 9.22. The second-order valence-electron chi connectivity index (χ2n) is 13.4. The number of nitrogens with zero attached hydrogens (tertiary/aromatic N) is 5. The van der Waals surface area contributed by atoms with E-state index in [2.05, 4.69) is 42.0 Å². The molecule has 260 valence electrons. The highest BCUT2D eigenvalue weighted by Crippen LogP contribution is 2.36. The summed E-state index contributed by atoms with van der Waals surface area (Å²) in [5, 5.41) is 1.18. The van der Waals surface area contributed by atoms with Gasteiger partial charge in [0.2, 0.25) is 0 Å². The average Bonchev–Trinajstić information content (AvgIpc) is 3.52. The predicted octanol–water partition coefficient (Wildman–Crippen LogP) is 8.21. The molecule has 0 N–H and O–H groups in total. The van der Waals surface area contributed by atoms with Crippen LogP contribution in [0.1, 0.15) is 27.0 Å². The van der Waals surface area contributed by atoms with Crippen LogP contribution in [-0.2, 0) is 10.0 Å². The van der Waals surface area contributed by atoms with Crippen LogP contribution in [0.5, 0.6) is 0 Å². The number of pyridine rings is 1. The van der Waals surface area contributed by atoms with Crippen molar-refractivity contribution in [1.82, 2.24) is 13.9 Å². The Balaban J connectivity index is 1.30. The topological polar surface area (TPSA) is 78.8 Å². The fourth-order valence-electron chi connectivity index (χ4n) is 6.85. The Morgan fingerprint density at radius 1 is 0.804 bits per heavy atom. The number of hydrogen-bond donors (Lipinski definition) is 0. The lowest BCUT2D eigenvalue weighted by atomic mass is 9.99. The summed E-state index contributed by atoms with van der Waals surface area (Å²) in [6.07, 6.45) is 3.38. The molecule has 1 aliphatic rings. The molecule has 1 aliphatic heterocycles. The van der Waals surface area contributed by atoms with E-state index in [1.807, 2.05) is 44.2 Å². The largest absolute Gasteiger partial charge is 0.369 e. The number of likely N-dealkylation sites (N-methyl/N-ethyl adjacent to an activating group) is 1. The molecule has 7 rings (SSSR count). The van der Waals surface area contributed by atoms with Gasteiger partial charge in [0.05, 0.1) is 15.6 Å². The van der Waals surface area contributed by atoms with Crippen molar-refractivity contribution in [3.05, 3.63) is 131 Å². The molecule has 1 fully saturated rings. The van der Waals surface area contributed by atoms with E-state index in [1.54, 1.807) is 66.8 Å². The van der Waals surface area contributed by atoms with Crippen LogP contribution in [0.15, 0.2) is 108 Å². The number of halogens is 1. The minimum absolute atomic E-state index is 0.177. The number of carbonyl (C=O) groups excluding carboxylic acids is 1. The molecule has 10 heteroatoms. The molecule has 1 saturated heterocycles. The number of carbonyl (C=O) groups is 1. The van der Waals surface area contributed by atoms with Gasteiger partial charge < -0.3 is 14.7 Å². The van der Waals surface area contributed by atoms with Crippen molar-refractivity contribution < 1.29 is 13.2 Å². The first kappa shape index (κ1) is 34.5. The van der Waals surface area contributed by atoms with Gasteiger partial charge >= 0.3 is 0 Å². The lowest BCUT2D eigenvalue weighted by Gasteiger charge is -2.35. The van der Waals surface area contributed by atoms with Crippen molar-refractivity contribution in [2.75, 3.05) is 50.1 Å². The molecule has 0 saturated carbocycles. The Labute approximate surface area is 304 Å². The molecule has 0 radical (unpaired) electrons. The smallest absolute Gasteiger partial charge is 0.269 e. The SMILES string of the molecule is Cc1ccc(S(=O)(=O)n2cc(-c3ccc(C(=O)N(C)c4c(C)cccc4Cl)cc3)c3cc(-c4ccc(N5CCN(C)CC5)c(C)c4)cnc32)cc1. The molecule has 0 unspecified atom stereocenters. The van der Waals surface area contributed by atoms with Crippen LogP contribution >= 0.6 is 11.6 Å². The van der Waals surface area contributed by atoms with Crippen molar-refractivity contribution in [1.29, 1.82) is 0 Å². The van der Waals surface area contributed by atoms with E-state index in [4.69, 9.17) is 16.6 Å². The van der Waals surface area contributed by atoms with Gasteiger partial charge in [0, 0.05) is 73.4 Å². The lowest BCUT2D eigenvalue weighted by Crippen LogP contribution is -2.44. The van der Waals surface area contributed by atoms with Crippen molar-refractivity contribution in [3.63, 3.8) is 0 Å². The number of piperazine rings is 1. The first-order valence-electron chi connectivity index (χ1n) is 16.9. The molecule has 3 heterocycles. The van der Waals surface area contributed by atoms with E-state index >= 15 is 0 Å². The summed E-state index contributed by atoms with van der Waals surface area (Å²) in [6, 6.07) is 28.0. The van der Waals surface area contributed by atoms with Crippen LogP contribution in [0.25, 0.3) is 33.3 Å². The van der Waals surface area contributed by atoms with Crippen LogP contribution in [-0.4, -0.2) is 68.5 Å². The first-order chi connectivity index (χ1) is 24.4. The average molecular weight is 718 g/mol. The molecular formula is C41H40ClN5O3S. The summed E-state index contributed by atoms with van der Waals surface area (Å²) in [6.45, 7) is 9.99. The highest BCUT2D eigenvalue weighted by molar-refractivity contribution is 7.90. The molecule has 0 aliphatic carbocycles. The fourth-order valence-corrected chi connectivity index (χ4v) is 8.52. The number of rotatable bonds is 7. The zero-order valence-corrected chi connectivity index (χ0v) is 31.0. The molecular weight excluding hydrogens is 678 g/mol. The summed E-state index contributed by atoms with van der Waals surface area (Å²) in [4.78, 5) is 24.8. The van der Waals surface area contributed by atoms with E-state index in [-0.39, 0.29) is 10.8 Å². The van der Waals surface area contributed by atoms with Crippen molar-refractivity contribution in [2.24, 2.45) is 0 Å². The summed E-state index contributed by atoms with van der Waals surface area (Å²) < 4.78 is 29.4. The van der Waals surface area contributed by atoms with Gasteiger partial charge in [-0.25, -0.2) is 17.4 Å². The summed E-state index contributed by atoms with van der Waals surface area (Å²) >= 11 is 6.47. The zero-order chi connectivity index (χ0) is 36.0. The van der Waals surface area contributed by atoms with Gasteiger partial charge in [-0.15, -0.1) is 0 Å². The van der Waals surface area contributed by atoms with Crippen molar-refractivity contribution >= 4 is 49.9 Å². The highest BCUT2D eigenvalue weighted by Gasteiger charge is 2.25. The zero-order valence-electron chi connectivity index (χ0n) is 29.4. The second-order valence-corrected chi connectivity index (χ2v) is 15.6. The quantitative estimate of drug-likeness (QED) is 0.166. The van der Waals surface area contributed by atoms with Crippen LogP contribution in [0.2, 0.25) is 5.02 Å². The second kappa shape index (κ2) is 13.6. The van der Waals surface area contributed by atoms with Crippen LogP contribution in [0, 0.1) is 20.8 Å². The van der Waals surface area contributed by atoms with Crippen LogP contribution < -0.4 is 9.80 Å². The van der Waals surface area contributed by atoms with E-state index in [9.17, 15) is 13.2 Å². The number of aryl methyl sites for hydroxylation is 3. The molecule has 8 nitrogen and oxygen atoms in total. The van der Waals surface area contributed by atoms with Crippen molar-refractivity contribution in [3.8, 4) is 22.3 Å². The number of amides is 1. The Hall–Kier alpha value is -4.96. The highest BCUT2D eigenvalue weighted by atomic mass is 35.5. The van der Waals surface area contributed by atoms with Gasteiger partial charge in [0.1, 0.15) is 0 Å². The molecule has 1 amide bonds. The molecule has 0 atom stereocenters. The van der Waals surface area contributed by atoms with Gasteiger partial charge in [-0.05, 0) is 98.6 Å². The van der Waals surface area contributed by atoms with Gasteiger partial charge in [0.25, 0.3) is 15.9 Å². The molecule has 4 aromatic carbocycles. The van der Waals surface area contributed by atoms with Gasteiger partial charge in [0.15, 0.2) is 5.65 Å². The third kappa shape index (κ3) is 6.53. The van der Waals surface area contributed by atoms with E-state index in [0.717, 1.165) is 54.0 Å². The summed E-state index contributed by atoms with van der Waals surface area (Å²) in [5.74, 6) is -0.207. The lowest BCUT2D eigenvalue weighted by molar-refractivity contribution is 0.0993. The third-order valence-electron chi connectivity index (χ3n) is 9.84. The first-order valence-corrected chi connectivity index (χ1v) is 18.8. The van der Waals surface area contributed by atoms with Crippen LogP contribution in [0.4, 0.5) is 11.4 Å². The Bertz CT molecular complexity index is 2360. The van der Waals surface area contributed by atoms with Crippen molar-refractivity contribution in [2.45, 2.75) is 25.7 Å². The number of fused-ring (bicyclic) bond motifs is 1. The number of hydrogen-bond acceptors (Lipinski definition) is 6. The monoisotopic (exact) mass is 717 g/mol. The van der Waals surface area contributed by atoms with Gasteiger partial charge in [-0.1, -0.05) is 59.6 Å². The molecule has 2 aromatic heterocycles.